The average Bonchev–Trinajstić information content (AvgIpc) is 2.92. The van der Waals surface area contributed by atoms with Crippen molar-refractivity contribution in [3.8, 4) is 0 Å². The molecule has 0 bridgehead atoms. The average molecular weight is 416 g/mol. The first-order valence-electron chi connectivity index (χ1n) is 6.97. The molecule has 4 nitrogen and oxygen atoms in total. The normalized spacial score (nSPS) is 10.4. The van der Waals surface area contributed by atoms with Gasteiger partial charge in [0.15, 0.2) is 0 Å². The van der Waals surface area contributed by atoms with Crippen LogP contribution in [0, 0.1) is 0 Å². The number of thiophene rings is 1. The number of halogens is 2. The van der Waals surface area contributed by atoms with Crippen LogP contribution < -0.4 is 5.32 Å². The summed E-state index contributed by atoms with van der Waals surface area (Å²) in [7, 11) is 1.74. The van der Waals surface area contributed by atoms with Gasteiger partial charge < -0.3 is 10.2 Å². The number of nitrogens with zero attached hydrogens (tertiary/aromatic N) is 1. The molecule has 2 rings (SSSR count). The molecule has 0 atom stereocenters. The van der Waals surface area contributed by atoms with E-state index in [1.165, 1.54) is 11.3 Å². The zero-order valence-corrected chi connectivity index (χ0v) is 15.7. The summed E-state index contributed by atoms with van der Waals surface area (Å²) < 4.78 is 1.63. The Labute approximate surface area is 152 Å². The van der Waals surface area contributed by atoms with Gasteiger partial charge in [0.25, 0.3) is 5.91 Å². The van der Waals surface area contributed by atoms with E-state index in [9.17, 15) is 9.59 Å². The van der Waals surface area contributed by atoms with Crippen LogP contribution in [0.15, 0.2) is 40.9 Å². The van der Waals surface area contributed by atoms with Gasteiger partial charge in [-0.25, -0.2) is 0 Å². The topological polar surface area (TPSA) is 49.4 Å². The molecule has 0 aliphatic rings. The fraction of sp³-hybridized carbons (Fsp3) is 0.250. The Balaban J connectivity index is 1.75. The number of carbonyl (C=O) groups is 2. The molecule has 7 heteroatoms. The van der Waals surface area contributed by atoms with E-state index in [4.69, 9.17) is 11.6 Å². The lowest BCUT2D eigenvalue weighted by atomic mass is 10.2. The number of carbonyl (C=O) groups excluding carboxylic acids is 2. The Kier molecular flexibility index (Phi) is 6.62. The molecule has 0 fully saturated rings. The molecule has 2 aromatic rings. The van der Waals surface area contributed by atoms with Crippen LogP contribution in [-0.2, 0) is 11.3 Å². The lowest BCUT2D eigenvalue weighted by molar-refractivity contribution is -0.130. The smallest absolute Gasteiger partial charge is 0.251 e. The molecule has 0 unspecified atom stereocenters. The highest BCUT2D eigenvalue weighted by atomic mass is 79.9. The fourth-order valence-corrected chi connectivity index (χ4v) is 3.34. The van der Waals surface area contributed by atoms with Gasteiger partial charge in [0, 0.05) is 34.9 Å². The SMILES string of the molecule is CN(Cc1ccc(Cl)s1)C(=O)CCNC(=O)c1ccc(Br)cc1. The van der Waals surface area contributed by atoms with Gasteiger partial charge >= 0.3 is 0 Å². The maximum absolute atomic E-state index is 12.1. The summed E-state index contributed by atoms with van der Waals surface area (Å²) in [4.78, 5) is 26.7. The first-order valence-corrected chi connectivity index (χ1v) is 8.96. The predicted octanol–water partition coefficient (Wildman–Crippen LogP) is 3.94. The zero-order chi connectivity index (χ0) is 16.8. The van der Waals surface area contributed by atoms with E-state index in [0.717, 1.165) is 9.35 Å². The van der Waals surface area contributed by atoms with Crippen LogP contribution in [-0.4, -0.2) is 30.3 Å². The summed E-state index contributed by atoms with van der Waals surface area (Å²) in [5.74, 6) is -0.205. The van der Waals surface area contributed by atoms with E-state index < -0.39 is 0 Å². The molecule has 1 heterocycles. The number of hydrogen-bond acceptors (Lipinski definition) is 3. The van der Waals surface area contributed by atoms with E-state index in [-0.39, 0.29) is 18.2 Å². The molecule has 0 spiro atoms. The minimum Gasteiger partial charge on any atom is -0.352 e. The van der Waals surface area contributed by atoms with Gasteiger partial charge in [0.05, 0.1) is 10.9 Å². The first-order chi connectivity index (χ1) is 11.0. The van der Waals surface area contributed by atoms with Crippen LogP contribution in [0.2, 0.25) is 4.34 Å². The summed E-state index contributed by atoms with van der Waals surface area (Å²) >= 11 is 10.7. The highest BCUT2D eigenvalue weighted by Gasteiger charge is 2.11. The highest BCUT2D eigenvalue weighted by molar-refractivity contribution is 9.10. The van der Waals surface area contributed by atoms with Crippen molar-refractivity contribution in [2.75, 3.05) is 13.6 Å². The zero-order valence-electron chi connectivity index (χ0n) is 12.5. The van der Waals surface area contributed by atoms with Crippen molar-refractivity contribution in [3.05, 3.63) is 55.6 Å². The highest BCUT2D eigenvalue weighted by Crippen LogP contribution is 2.22. The first kappa shape index (κ1) is 18.0. The summed E-state index contributed by atoms with van der Waals surface area (Å²) in [6.07, 6.45) is 0.262. The third-order valence-electron chi connectivity index (χ3n) is 3.18. The minimum absolute atomic E-state index is 0.0226. The van der Waals surface area contributed by atoms with E-state index in [2.05, 4.69) is 21.2 Å². The van der Waals surface area contributed by atoms with Crippen LogP contribution in [0.25, 0.3) is 0 Å². The van der Waals surface area contributed by atoms with Crippen LogP contribution in [0.5, 0.6) is 0 Å². The second-order valence-corrected chi connectivity index (χ2v) is 7.68. The van der Waals surface area contributed by atoms with Crippen LogP contribution in [0.1, 0.15) is 21.7 Å². The Morgan fingerprint density at radius 2 is 1.91 bits per heavy atom. The van der Waals surface area contributed by atoms with Gasteiger partial charge in [0.1, 0.15) is 0 Å². The largest absolute Gasteiger partial charge is 0.352 e. The second kappa shape index (κ2) is 8.47. The number of amides is 2. The molecule has 122 valence electrons. The molecule has 0 aliphatic carbocycles. The molecule has 2 amide bonds. The van der Waals surface area contributed by atoms with Crippen molar-refractivity contribution in [2.24, 2.45) is 0 Å². The van der Waals surface area contributed by atoms with E-state index in [1.54, 1.807) is 36.2 Å². The predicted molar refractivity (Wildman–Crippen MR) is 96.9 cm³/mol. The Morgan fingerprint density at radius 3 is 2.52 bits per heavy atom. The number of rotatable bonds is 6. The van der Waals surface area contributed by atoms with E-state index in [1.807, 2.05) is 12.1 Å². The van der Waals surface area contributed by atoms with Crippen LogP contribution >= 0.6 is 38.9 Å². The molecule has 1 aromatic carbocycles. The molecule has 0 saturated heterocycles. The Bertz CT molecular complexity index is 688. The summed E-state index contributed by atoms with van der Waals surface area (Å²) in [5.41, 5.74) is 0.572. The van der Waals surface area contributed by atoms with E-state index in [0.29, 0.717) is 23.0 Å². The molecular weight excluding hydrogens is 400 g/mol. The number of benzene rings is 1. The van der Waals surface area contributed by atoms with Crippen molar-refractivity contribution in [2.45, 2.75) is 13.0 Å². The minimum atomic E-state index is -0.182. The van der Waals surface area contributed by atoms with Crippen LogP contribution in [0.4, 0.5) is 0 Å². The number of hydrogen-bond donors (Lipinski definition) is 1. The molecule has 0 saturated carbocycles. The van der Waals surface area contributed by atoms with Crippen molar-refractivity contribution in [3.63, 3.8) is 0 Å². The molecule has 0 aliphatic heterocycles. The Morgan fingerprint density at radius 1 is 1.22 bits per heavy atom. The van der Waals surface area contributed by atoms with Gasteiger partial charge in [0.2, 0.25) is 5.91 Å². The van der Waals surface area contributed by atoms with Gasteiger partial charge in [-0.1, -0.05) is 27.5 Å². The number of nitrogens with one attached hydrogen (secondary N) is 1. The molecule has 23 heavy (non-hydrogen) atoms. The van der Waals surface area contributed by atoms with Gasteiger partial charge in [-0.05, 0) is 36.4 Å². The van der Waals surface area contributed by atoms with Crippen molar-refractivity contribution in [1.82, 2.24) is 10.2 Å². The van der Waals surface area contributed by atoms with Crippen molar-refractivity contribution < 1.29 is 9.59 Å². The lowest BCUT2D eigenvalue weighted by Crippen LogP contribution is -2.31. The van der Waals surface area contributed by atoms with Crippen LogP contribution in [0.3, 0.4) is 0 Å². The van der Waals surface area contributed by atoms with Gasteiger partial charge in [-0.3, -0.25) is 9.59 Å². The summed E-state index contributed by atoms with van der Waals surface area (Å²) in [5, 5.41) is 2.75. The molecule has 1 aromatic heterocycles. The second-order valence-electron chi connectivity index (χ2n) is 4.97. The fourth-order valence-electron chi connectivity index (χ4n) is 1.94. The third kappa shape index (κ3) is 5.64. The standard InChI is InChI=1S/C16H16BrClN2O2S/c1-20(10-13-6-7-14(18)23-13)15(21)8-9-19-16(22)11-2-4-12(17)5-3-11/h2-7H,8-10H2,1H3,(H,19,22). The molecule has 0 radical (unpaired) electrons. The molecule has 1 N–H and O–H groups in total. The monoisotopic (exact) mass is 414 g/mol. The molecular formula is C16H16BrClN2O2S. The quantitative estimate of drug-likeness (QED) is 0.777. The maximum Gasteiger partial charge on any atom is 0.251 e. The third-order valence-corrected chi connectivity index (χ3v) is 4.92. The lowest BCUT2D eigenvalue weighted by Gasteiger charge is -2.16. The summed E-state index contributed by atoms with van der Waals surface area (Å²) in [6.45, 7) is 0.833. The van der Waals surface area contributed by atoms with Crippen molar-refractivity contribution in [1.29, 1.82) is 0 Å². The van der Waals surface area contributed by atoms with Gasteiger partial charge in [-0.2, -0.15) is 0 Å². The van der Waals surface area contributed by atoms with Gasteiger partial charge in [-0.15, -0.1) is 11.3 Å². The maximum atomic E-state index is 12.1. The van der Waals surface area contributed by atoms with Crippen molar-refractivity contribution >= 4 is 50.7 Å². The van der Waals surface area contributed by atoms with E-state index >= 15 is 0 Å². The Hall–Kier alpha value is -1.37. The summed E-state index contributed by atoms with van der Waals surface area (Å²) in [6, 6.07) is 10.8.